The minimum atomic E-state index is 0.111. The quantitative estimate of drug-likeness (QED) is 0.539. The van der Waals surface area contributed by atoms with Crippen molar-refractivity contribution in [3.8, 4) is 0 Å². The van der Waals surface area contributed by atoms with E-state index in [4.69, 9.17) is 26.3 Å². The smallest absolute Gasteiger partial charge is 0.147 e. The van der Waals surface area contributed by atoms with Crippen LogP contribution < -0.4 is 10.2 Å². The molecule has 1 fully saturated rings. The third-order valence-electron chi connectivity index (χ3n) is 6.63. The molecule has 8 heteroatoms. The van der Waals surface area contributed by atoms with Crippen molar-refractivity contribution in [2.75, 3.05) is 43.1 Å². The fraction of sp³-hybridized carbons (Fsp3) is 0.444. The van der Waals surface area contributed by atoms with Gasteiger partial charge in [-0.2, -0.15) is 0 Å². The van der Waals surface area contributed by atoms with Gasteiger partial charge in [-0.3, -0.25) is 4.90 Å². The van der Waals surface area contributed by atoms with E-state index >= 15 is 0 Å². The molecule has 0 amide bonds. The molecule has 1 N–H and O–H groups in total. The Morgan fingerprint density at radius 2 is 1.80 bits per heavy atom. The number of benzene rings is 1. The second kappa shape index (κ2) is 10.1. The van der Waals surface area contributed by atoms with Gasteiger partial charge in [0.25, 0.3) is 0 Å². The van der Waals surface area contributed by atoms with E-state index in [0.29, 0.717) is 11.6 Å². The van der Waals surface area contributed by atoms with Crippen molar-refractivity contribution in [3.05, 3.63) is 70.3 Å². The lowest BCUT2D eigenvalue weighted by atomic mass is 9.87. The number of morpholine rings is 1. The van der Waals surface area contributed by atoms with E-state index in [1.54, 1.807) is 6.20 Å². The largest absolute Gasteiger partial charge is 0.379 e. The molecule has 0 aliphatic carbocycles. The van der Waals surface area contributed by atoms with E-state index in [1.807, 2.05) is 12.1 Å². The van der Waals surface area contributed by atoms with E-state index in [-0.39, 0.29) is 5.41 Å². The number of hydrogen-bond acceptors (Lipinski definition) is 7. The zero-order valence-electron chi connectivity index (χ0n) is 20.7. The Bertz CT molecular complexity index is 1170. The highest BCUT2D eigenvalue weighted by molar-refractivity contribution is 6.32. The molecule has 35 heavy (non-hydrogen) atoms. The predicted octanol–water partition coefficient (Wildman–Crippen LogP) is 4.96. The molecule has 0 radical (unpaired) electrons. The van der Waals surface area contributed by atoms with Crippen LogP contribution in [0.25, 0.3) is 0 Å². The number of nitrogens with zero attached hydrogens (tertiary/aromatic N) is 5. The Hall–Kier alpha value is -2.74. The lowest BCUT2D eigenvalue weighted by Gasteiger charge is -2.32. The number of fused-ring (bicyclic) bond motifs is 1. The number of halogens is 1. The molecule has 5 rings (SSSR count). The maximum absolute atomic E-state index is 6.47. The van der Waals surface area contributed by atoms with Crippen LogP contribution in [0.5, 0.6) is 0 Å². The summed E-state index contributed by atoms with van der Waals surface area (Å²) in [5.74, 6) is 2.51. The summed E-state index contributed by atoms with van der Waals surface area (Å²) in [6.07, 6.45) is 2.60. The fourth-order valence-corrected chi connectivity index (χ4v) is 4.82. The summed E-state index contributed by atoms with van der Waals surface area (Å²) < 4.78 is 5.51. The molecule has 0 atom stereocenters. The number of rotatable bonds is 5. The first-order valence-electron chi connectivity index (χ1n) is 12.3. The Morgan fingerprint density at radius 1 is 1.03 bits per heavy atom. The highest BCUT2D eigenvalue weighted by Crippen LogP contribution is 2.32. The lowest BCUT2D eigenvalue weighted by Crippen LogP contribution is -2.37. The highest BCUT2D eigenvalue weighted by Gasteiger charge is 2.25. The Kier molecular flexibility index (Phi) is 6.91. The Labute approximate surface area is 212 Å². The molecule has 0 bridgehead atoms. The average Bonchev–Trinajstić information content (AvgIpc) is 2.85. The van der Waals surface area contributed by atoms with Crippen LogP contribution in [-0.4, -0.2) is 52.7 Å². The molecule has 4 heterocycles. The number of anilines is 3. The molecule has 2 aliphatic rings. The van der Waals surface area contributed by atoms with Crippen LogP contribution in [0.4, 0.5) is 17.3 Å². The van der Waals surface area contributed by atoms with Crippen LogP contribution in [0.3, 0.4) is 0 Å². The molecular weight excluding hydrogens is 460 g/mol. The minimum absolute atomic E-state index is 0.111. The third-order valence-corrected chi connectivity index (χ3v) is 6.92. The second-order valence-electron chi connectivity index (χ2n) is 10.2. The monoisotopic (exact) mass is 492 g/mol. The van der Waals surface area contributed by atoms with Gasteiger partial charge in [-0.05, 0) is 35.2 Å². The Morgan fingerprint density at radius 3 is 2.51 bits per heavy atom. The van der Waals surface area contributed by atoms with Gasteiger partial charge in [0.1, 0.15) is 17.5 Å². The van der Waals surface area contributed by atoms with Crippen molar-refractivity contribution in [2.24, 2.45) is 0 Å². The molecular formula is C27H33ClN6O. The van der Waals surface area contributed by atoms with E-state index < -0.39 is 0 Å². The van der Waals surface area contributed by atoms with Gasteiger partial charge in [-0.1, -0.05) is 44.5 Å². The van der Waals surface area contributed by atoms with Crippen molar-refractivity contribution in [1.82, 2.24) is 19.9 Å². The summed E-state index contributed by atoms with van der Waals surface area (Å²) in [4.78, 5) is 19.1. The van der Waals surface area contributed by atoms with Crippen LogP contribution in [0.1, 0.15) is 43.4 Å². The van der Waals surface area contributed by atoms with Gasteiger partial charge in [0.15, 0.2) is 0 Å². The molecule has 184 valence electrons. The maximum atomic E-state index is 6.47. The number of hydrogen-bond donors (Lipinski definition) is 1. The zero-order valence-corrected chi connectivity index (χ0v) is 21.5. The average molecular weight is 493 g/mol. The van der Waals surface area contributed by atoms with Gasteiger partial charge < -0.3 is 15.0 Å². The van der Waals surface area contributed by atoms with Crippen LogP contribution >= 0.6 is 11.6 Å². The fourth-order valence-electron chi connectivity index (χ4n) is 4.58. The van der Waals surface area contributed by atoms with Gasteiger partial charge >= 0.3 is 0 Å². The lowest BCUT2D eigenvalue weighted by molar-refractivity contribution is 0.0330. The van der Waals surface area contributed by atoms with Crippen LogP contribution in [0.2, 0.25) is 5.02 Å². The van der Waals surface area contributed by atoms with Gasteiger partial charge in [-0.25, -0.2) is 15.0 Å². The molecule has 0 saturated carbocycles. The van der Waals surface area contributed by atoms with Gasteiger partial charge in [0.05, 0.1) is 30.5 Å². The van der Waals surface area contributed by atoms with Gasteiger partial charge in [-0.15, -0.1) is 0 Å². The first-order chi connectivity index (χ1) is 16.9. The summed E-state index contributed by atoms with van der Waals surface area (Å²) in [5.41, 5.74) is 4.63. The van der Waals surface area contributed by atoms with Crippen molar-refractivity contribution < 1.29 is 4.74 Å². The number of nitrogens with one attached hydrogen (secondary N) is 1. The van der Waals surface area contributed by atoms with Crippen LogP contribution in [-0.2, 0) is 29.7 Å². The first kappa shape index (κ1) is 24.0. The molecule has 7 nitrogen and oxygen atoms in total. The van der Waals surface area contributed by atoms with E-state index in [1.165, 1.54) is 5.56 Å². The van der Waals surface area contributed by atoms with E-state index in [9.17, 15) is 0 Å². The van der Waals surface area contributed by atoms with Crippen molar-refractivity contribution in [3.63, 3.8) is 0 Å². The van der Waals surface area contributed by atoms with E-state index in [0.717, 1.165) is 80.2 Å². The summed E-state index contributed by atoms with van der Waals surface area (Å²) in [7, 11) is 0. The molecule has 2 aliphatic heterocycles. The summed E-state index contributed by atoms with van der Waals surface area (Å²) in [6, 6.07) is 12.4. The third kappa shape index (κ3) is 5.58. The maximum Gasteiger partial charge on any atom is 0.147 e. The molecule has 1 aromatic carbocycles. The summed E-state index contributed by atoms with van der Waals surface area (Å²) in [6.45, 7) is 12.2. The predicted molar refractivity (Wildman–Crippen MR) is 141 cm³/mol. The van der Waals surface area contributed by atoms with Crippen molar-refractivity contribution >= 4 is 28.9 Å². The molecule has 1 saturated heterocycles. The molecule has 0 spiro atoms. The van der Waals surface area contributed by atoms with Crippen LogP contribution in [0, 0.1) is 0 Å². The van der Waals surface area contributed by atoms with E-state index in [2.05, 4.69) is 65.1 Å². The van der Waals surface area contributed by atoms with Crippen molar-refractivity contribution in [1.29, 1.82) is 0 Å². The summed E-state index contributed by atoms with van der Waals surface area (Å²) >= 11 is 6.47. The SMILES string of the molecule is CC(C)(C)c1ccc(Nc2nc(CN3CCOCC3)nc3c2CN(c2ncccc2Cl)CC3)cc1. The number of ether oxygens (including phenoxy) is 1. The van der Waals surface area contributed by atoms with Crippen LogP contribution in [0.15, 0.2) is 42.6 Å². The van der Waals surface area contributed by atoms with Crippen molar-refractivity contribution in [2.45, 2.75) is 45.7 Å². The first-order valence-corrected chi connectivity index (χ1v) is 12.7. The topological polar surface area (TPSA) is 66.4 Å². The Balaban J connectivity index is 1.46. The molecule has 3 aromatic rings. The second-order valence-corrected chi connectivity index (χ2v) is 10.6. The molecule has 2 aromatic heterocycles. The zero-order chi connectivity index (χ0) is 24.4. The summed E-state index contributed by atoms with van der Waals surface area (Å²) in [5, 5.41) is 4.26. The standard InChI is InChI=1S/C27H33ClN6O/c1-27(2,3)19-6-8-20(9-7-19)30-25-21-17-34(26-22(28)5-4-11-29-26)12-10-23(21)31-24(32-25)18-33-13-15-35-16-14-33/h4-9,11H,10,12-18H2,1-3H3,(H,30,31,32). The minimum Gasteiger partial charge on any atom is -0.379 e. The highest BCUT2D eigenvalue weighted by atomic mass is 35.5. The number of aromatic nitrogens is 3. The molecule has 0 unspecified atom stereocenters. The van der Waals surface area contributed by atoms with Gasteiger partial charge in [0.2, 0.25) is 0 Å². The van der Waals surface area contributed by atoms with Gasteiger partial charge in [0, 0.05) is 50.0 Å². The normalized spacial score (nSPS) is 16.7. The number of pyridine rings is 1.